The first-order chi connectivity index (χ1) is 8.06. The smallest absolute Gasteiger partial charge is 0.179 e. The standard InChI is InChI=1S/C11H9ClN2OS2/c1-6(15)9-4-3-8(5-10(9)12)17-11-14-13-7(2)16-11/h3-5H,1-2H3. The number of rotatable bonds is 3. The highest BCUT2D eigenvalue weighted by atomic mass is 35.5. The molecular weight excluding hydrogens is 276 g/mol. The number of halogens is 1. The summed E-state index contributed by atoms with van der Waals surface area (Å²) < 4.78 is 0.870. The monoisotopic (exact) mass is 284 g/mol. The average Bonchev–Trinajstić information content (AvgIpc) is 2.63. The van der Waals surface area contributed by atoms with Gasteiger partial charge in [-0.3, -0.25) is 4.79 Å². The third-order valence-corrected chi connectivity index (χ3v) is 4.22. The number of nitrogens with zero attached hydrogens (tertiary/aromatic N) is 2. The summed E-state index contributed by atoms with van der Waals surface area (Å²) in [6, 6.07) is 5.38. The van der Waals surface area contributed by atoms with Gasteiger partial charge in [0, 0.05) is 10.5 Å². The molecule has 88 valence electrons. The molecule has 0 amide bonds. The van der Waals surface area contributed by atoms with Crippen molar-refractivity contribution in [1.29, 1.82) is 0 Å². The zero-order chi connectivity index (χ0) is 12.4. The Morgan fingerprint density at radius 3 is 2.71 bits per heavy atom. The van der Waals surface area contributed by atoms with E-state index in [0.717, 1.165) is 14.2 Å². The molecule has 0 bridgehead atoms. The van der Waals surface area contributed by atoms with E-state index >= 15 is 0 Å². The van der Waals surface area contributed by atoms with E-state index in [0.29, 0.717) is 10.6 Å². The van der Waals surface area contributed by atoms with Crippen LogP contribution in [0.3, 0.4) is 0 Å². The molecule has 0 saturated heterocycles. The fourth-order valence-electron chi connectivity index (χ4n) is 1.27. The van der Waals surface area contributed by atoms with E-state index < -0.39 is 0 Å². The van der Waals surface area contributed by atoms with Crippen molar-refractivity contribution in [3.8, 4) is 0 Å². The molecule has 1 aromatic carbocycles. The van der Waals surface area contributed by atoms with E-state index in [4.69, 9.17) is 11.6 Å². The van der Waals surface area contributed by atoms with Crippen molar-refractivity contribution >= 4 is 40.5 Å². The van der Waals surface area contributed by atoms with Crippen molar-refractivity contribution in [3.63, 3.8) is 0 Å². The summed E-state index contributed by atoms with van der Waals surface area (Å²) in [5.74, 6) is -0.0293. The molecule has 17 heavy (non-hydrogen) atoms. The Morgan fingerprint density at radius 2 is 2.18 bits per heavy atom. The first kappa shape index (κ1) is 12.5. The minimum Gasteiger partial charge on any atom is -0.294 e. The van der Waals surface area contributed by atoms with Gasteiger partial charge in [0.05, 0.1) is 5.02 Å². The van der Waals surface area contributed by atoms with E-state index in [-0.39, 0.29) is 5.78 Å². The van der Waals surface area contributed by atoms with Gasteiger partial charge in [-0.15, -0.1) is 10.2 Å². The minimum atomic E-state index is -0.0293. The Morgan fingerprint density at radius 1 is 1.41 bits per heavy atom. The molecule has 0 aliphatic carbocycles. The lowest BCUT2D eigenvalue weighted by Gasteiger charge is -2.02. The van der Waals surface area contributed by atoms with Crippen molar-refractivity contribution < 1.29 is 4.79 Å². The fraction of sp³-hybridized carbons (Fsp3) is 0.182. The largest absolute Gasteiger partial charge is 0.294 e. The van der Waals surface area contributed by atoms with Crippen LogP contribution in [0.15, 0.2) is 27.4 Å². The van der Waals surface area contributed by atoms with E-state index in [2.05, 4.69) is 10.2 Å². The summed E-state index contributed by atoms with van der Waals surface area (Å²) >= 11 is 9.05. The Balaban J connectivity index is 2.23. The van der Waals surface area contributed by atoms with Crippen LogP contribution in [0.5, 0.6) is 0 Å². The summed E-state index contributed by atoms with van der Waals surface area (Å²) in [4.78, 5) is 12.2. The van der Waals surface area contributed by atoms with Crippen molar-refractivity contribution in [2.24, 2.45) is 0 Å². The van der Waals surface area contributed by atoms with E-state index in [9.17, 15) is 4.79 Å². The van der Waals surface area contributed by atoms with E-state index in [1.54, 1.807) is 12.1 Å². The zero-order valence-corrected chi connectivity index (χ0v) is 11.6. The van der Waals surface area contributed by atoms with Gasteiger partial charge in [-0.05, 0) is 32.0 Å². The normalized spacial score (nSPS) is 10.5. The Bertz CT molecular complexity index is 568. The molecule has 0 radical (unpaired) electrons. The van der Waals surface area contributed by atoms with Gasteiger partial charge in [0.2, 0.25) is 0 Å². The Hall–Kier alpha value is -0.910. The predicted octanol–water partition coefficient (Wildman–Crippen LogP) is 3.85. The summed E-state index contributed by atoms with van der Waals surface area (Å²) in [6.07, 6.45) is 0. The number of carbonyl (C=O) groups is 1. The molecule has 3 nitrogen and oxygen atoms in total. The molecule has 2 aromatic rings. The van der Waals surface area contributed by atoms with Crippen LogP contribution in [0.4, 0.5) is 0 Å². The molecular formula is C11H9ClN2OS2. The van der Waals surface area contributed by atoms with E-state index in [1.807, 2.05) is 13.0 Å². The highest BCUT2D eigenvalue weighted by Crippen LogP contribution is 2.32. The first-order valence-electron chi connectivity index (χ1n) is 4.84. The molecule has 2 rings (SSSR count). The lowest BCUT2D eigenvalue weighted by atomic mass is 10.1. The molecule has 0 N–H and O–H groups in total. The highest BCUT2D eigenvalue weighted by molar-refractivity contribution is 8.01. The number of hydrogen-bond acceptors (Lipinski definition) is 5. The van der Waals surface area contributed by atoms with E-state index in [1.165, 1.54) is 30.0 Å². The number of carbonyl (C=O) groups excluding carboxylic acids is 1. The molecule has 0 aliphatic rings. The summed E-state index contributed by atoms with van der Waals surface area (Å²) in [7, 11) is 0. The maximum Gasteiger partial charge on any atom is 0.179 e. The van der Waals surface area contributed by atoms with Gasteiger partial charge in [0.25, 0.3) is 0 Å². The van der Waals surface area contributed by atoms with Gasteiger partial charge in [-0.2, -0.15) is 0 Å². The van der Waals surface area contributed by atoms with Gasteiger partial charge in [-0.1, -0.05) is 34.7 Å². The van der Waals surface area contributed by atoms with Crippen LogP contribution < -0.4 is 0 Å². The van der Waals surface area contributed by atoms with Crippen molar-refractivity contribution in [2.45, 2.75) is 23.1 Å². The van der Waals surface area contributed by atoms with Gasteiger partial charge in [0.1, 0.15) is 5.01 Å². The first-order valence-corrected chi connectivity index (χ1v) is 6.86. The molecule has 1 aromatic heterocycles. The number of hydrogen-bond donors (Lipinski definition) is 0. The predicted molar refractivity (Wildman–Crippen MR) is 70.2 cm³/mol. The maximum absolute atomic E-state index is 11.2. The van der Waals surface area contributed by atoms with Crippen LogP contribution in [0.25, 0.3) is 0 Å². The van der Waals surface area contributed by atoms with Crippen LogP contribution in [0.2, 0.25) is 5.02 Å². The third kappa shape index (κ3) is 3.06. The van der Waals surface area contributed by atoms with Crippen LogP contribution >= 0.6 is 34.7 Å². The molecule has 0 unspecified atom stereocenters. The van der Waals surface area contributed by atoms with Crippen molar-refractivity contribution in [1.82, 2.24) is 10.2 Å². The van der Waals surface area contributed by atoms with Crippen LogP contribution in [-0.2, 0) is 0 Å². The van der Waals surface area contributed by atoms with Crippen LogP contribution in [0.1, 0.15) is 22.3 Å². The molecule has 0 saturated carbocycles. The second-order valence-corrected chi connectivity index (χ2v) is 6.30. The maximum atomic E-state index is 11.2. The van der Waals surface area contributed by atoms with Gasteiger partial charge < -0.3 is 0 Å². The number of Topliss-reactive ketones (excluding diaryl/α,β-unsaturated/α-hetero) is 1. The SMILES string of the molecule is CC(=O)c1ccc(Sc2nnc(C)s2)cc1Cl. The van der Waals surface area contributed by atoms with Gasteiger partial charge in [-0.25, -0.2) is 0 Å². The number of benzene rings is 1. The van der Waals surface area contributed by atoms with Crippen LogP contribution in [0, 0.1) is 6.92 Å². The molecule has 0 spiro atoms. The molecule has 0 atom stereocenters. The molecule has 0 fully saturated rings. The number of ketones is 1. The highest BCUT2D eigenvalue weighted by Gasteiger charge is 2.08. The average molecular weight is 285 g/mol. The quantitative estimate of drug-likeness (QED) is 0.803. The molecule has 6 heteroatoms. The minimum absolute atomic E-state index is 0.0293. The molecule has 0 aliphatic heterocycles. The summed E-state index contributed by atoms with van der Waals surface area (Å²) in [5, 5.41) is 9.37. The lowest BCUT2D eigenvalue weighted by molar-refractivity contribution is 0.101. The summed E-state index contributed by atoms with van der Waals surface area (Å²) in [5.41, 5.74) is 0.546. The lowest BCUT2D eigenvalue weighted by Crippen LogP contribution is -1.92. The third-order valence-electron chi connectivity index (χ3n) is 2.03. The topological polar surface area (TPSA) is 42.9 Å². The number of aryl methyl sites for hydroxylation is 1. The Kier molecular flexibility index (Phi) is 3.81. The second-order valence-electron chi connectivity index (χ2n) is 3.39. The van der Waals surface area contributed by atoms with Crippen molar-refractivity contribution in [3.05, 3.63) is 33.8 Å². The zero-order valence-electron chi connectivity index (χ0n) is 9.23. The molecule has 1 heterocycles. The fourth-order valence-corrected chi connectivity index (χ4v) is 3.47. The summed E-state index contributed by atoms with van der Waals surface area (Å²) in [6.45, 7) is 3.41. The van der Waals surface area contributed by atoms with Crippen molar-refractivity contribution in [2.75, 3.05) is 0 Å². The number of aromatic nitrogens is 2. The van der Waals surface area contributed by atoms with Gasteiger partial charge >= 0.3 is 0 Å². The van der Waals surface area contributed by atoms with Crippen LogP contribution in [-0.4, -0.2) is 16.0 Å². The van der Waals surface area contributed by atoms with Gasteiger partial charge in [0.15, 0.2) is 10.1 Å². The second kappa shape index (κ2) is 5.16. The Labute approximate surface area is 112 Å².